The quantitative estimate of drug-likeness (QED) is 0.381. The molecule has 0 aromatic heterocycles. The second kappa shape index (κ2) is 8.92. The second-order valence-corrected chi connectivity index (χ2v) is 12.7. The van der Waals surface area contributed by atoms with Crippen LogP contribution in [0.3, 0.4) is 0 Å². The number of methoxy groups -OCH3 is 1. The van der Waals surface area contributed by atoms with E-state index in [2.05, 4.69) is 40.7 Å². The van der Waals surface area contributed by atoms with Crippen LogP contribution in [0.25, 0.3) is 0 Å². The molecule has 30 heavy (non-hydrogen) atoms. The van der Waals surface area contributed by atoms with Crippen molar-refractivity contribution in [2.24, 2.45) is 52.3 Å². The maximum Gasteiger partial charge on any atom is 0.0492 e. The first-order chi connectivity index (χ1) is 14.3. The molecule has 8 unspecified atom stereocenters. The van der Waals surface area contributed by atoms with E-state index in [1.54, 1.807) is 0 Å². The van der Waals surface area contributed by atoms with Crippen LogP contribution < -0.4 is 0 Å². The topological polar surface area (TPSA) is 9.23 Å². The molecule has 172 valence electrons. The normalized spacial score (nSPS) is 42.8. The van der Waals surface area contributed by atoms with Gasteiger partial charge >= 0.3 is 0 Å². The van der Waals surface area contributed by atoms with Crippen LogP contribution in [0.15, 0.2) is 11.6 Å². The average molecular weight is 415 g/mol. The summed E-state index contributed by atoms with van der Waals surface area (Å²) in [6.45, 7) is 13.7. The predicted molar refractivity (Wildman–Crippen MR) is 128 cm³/mol. The lowest BCUT2D eigenvalue weighted by atomic mass is 9.47. The van der Waals surface area contributed by atoms with E-state index in [4.69, 9.17) is 4.74 Å². The van der Waals surface area contributed by atoms with Crippen LogP contribution in [0, 0.1) is 52.3 Å². The Labute approximate surface area is 187 Å². The fraction of sp³-hybridized carbons (Fsp3) is 0.931. The van der Waals surface area contributed by atoms with E-state index in [9.17, 15) is 0 Å². The number of fused-ring (bicyclic) bond motifs is 5. The lowest BCUT2D eigenvalue weighted by Gasteiger charge is -2.58. The van der Waals surface area contributed by atoms with Gasteiger partial charge < -0.3 is 4.74 Å². The van der Waals surface area contributed by atoms with Gasteiger partial charge in [-0.2, -0.15) is 0 Å². The largest absolute Gasteiger partial charge is 0.384 e. The maximum atomic E-state index is 5.54. The lowest BCUT2D eigenvalue weighted by Crippen LogP contribution is -2.50. The summed E-state index contributed by atoms with van der Waals surface area (Å²) in [5, 5.41) is 0. The standard InChI is InChI=1S/C29H50O/c1-20(2)22(19-30-6)11-10-21(3)25-14-15-26-24-13-12-23-9-7-8-17-28(23,4)27(24)16-18-29(25,26)5/h12,20-22,24-27H,7-11,13-19H2,1-6H3. The summed E-state index contributed by atoms with van der Waals surface area (Å²) in [6.07, 6.45) is 18.7. The van der Waals surface area contributed by atoms with Gasteiger partial charge in [-0.1, -0.05) is 59.1 Å². The molecule has 3 saturated carbocycles. The van der Waals surface area contributed by atoms with E-state index in [0.717, 1.165) is 48.0 Å². The van der Waals surface area contributed by atoms with Gasteiger partial charge in [-0.3, -0.25) is 0 Å². The van der Waals surface area contributed by atoms with Crippen molar-refractivity contribution in [1.29, 1.82) is 0 Å². The highest BCUT2D eigenvalue weighted by atomic mass is 16.5. The minimum absolute atomic E-state index is 0.552. The number of allylic oxidation sites excluding steroid dienone is 2. The van der Waals surface area contributed by atoms with Crippen molar-refractivity contribution in [1.82, 2.24) is 0 Å². The number of rotatable bonds is 7. The molecular weight excluding hydrogens is 364 g/mol. The van der Waals surface area contributed by atoms with Gasteiger partial charge in [0, 0.05) is 13.7 Å². The first-order valence-electron chi connectivity index (χ1n) is 13.5. The molecule has 0 N–H and O–H groups in total. The average Bonchev–Trinajstić information content (AvgIpc) is 3.07. The summed E-state index contributed by atoms with van der Waals surface area (Å²) in [5.74, 6) is 6.23. The van der Waals surface area contributed by atoms with E-state index in [-0.39, 0.29) is 0 Å². The van der Waals surface area contributed by atoms with Crippen LogP contribution in [0.2, 0.25) is 0 Å². The van der Waals surface area contributed by atoms with Crippen molar-refractivity contribution < 1.29 is 4.74 Å². The van der Waals surface area contributed by atoms with E-state index >= 15 is 0 Å². The minimum atomic E-state index is 0.552. The Morgan fingerprint density at radius 2 is 1.80 bits per heavy atom. The van der Waals surface area contributed by atoms with Crippen LogP contribution in [-0.2, 0) is 4.74 Å². The van der Waals surface area contributed by atoms with Gasteiger partial charge in [-0.15, -0.1) is 0 Å². The zero-order chi connectivity index (χ0) is 21.5. The Hall–Kier alpha value is -0.300. The Morgan fingerprint density at radius 1 is 1.00 bits per heavy atom. The van der Waals surface area contributed by atoms with Crippen LogP contribution >= 0.6 is 0 Å². The van der Waals surface area contributed by atoms with Crippen molar-refractivity contribution in [3.63, 3.8) is 0 Å². The van der Waals surface area contributed by atoms with Crippen LogP contribution in [0.5, 0.6) is 0 Å². The molecule has 3 fully saturated rings. The fourth-order valence-electron chi connectivity index (χ4n) is 9.17. The molecule has 4 aliphatic carbocycles. The van der Waals surface area contributed by atoms with Crippen molar-refractivity contribution >= 4 is 0 Å². The predicted octanol–water partition coefficient (Wildman–Crippen LogP) is 8.29. The van der Waals surface area contributed by atoms with E-state index in [0.29, 0.717) is 10.8 Å². The molecule has 4 aliphatic rings. The summed E-state index contributed by atoms with van der Waals surface area (Å²) in [6, 6.07) is 0. The number of hydrogen-bond acceptors (Lipinski definition) is 1. The van der Waals surface area contributed by atoms with Gasteiger partial charge in [0.1, 0.15) is 0 Å². The third-order valence-corrected chi connectivity index (χ3v) is 11.1. The van der Waals surface area contributed by atoms with Crippen molar-refractivity contribution in [2.75, 3.05) is 13.7 Å². The van der Waals surface area contributed by atoms with Gasteiger partial charge in [0.25, 0.3) is 0 Å². The molecule has 0 saturated heterocycles. The molecule has 0 amide bonds. The van der Waals surface area contributed by atoms with Gasteiger partial charge in [0.15, 0.2) is 0 Å². The summed E-state index contributed by atoms with van der Waals surface area (Å²) in [5.41, 5.74) is 3.02. The van der Waals surface area contributed by atoms with Crippen molar-refractivity contribution in [3.8, 4) is 0 Å². The molecule has 0 spiro atoms. The first kappa shape index (κ1) is 22.9. The minimum Gasteiger partial charge on any atom is -0.384 e. The highest BCUT2D eigenvalue weighted by Crippen LogP contribution is 2.67. The third-order valence-electron chi connectivity index (χ3n) is 11.1. The Balaban J connectivity index is 1.45. The van der Waals surface area contributed by atoms with Crippen LogP contribution in [0.4, 0.5) is 0 Å². The van der Waals surface area contributed by atoms with E-state index in [1.807, 2.05) is 12.7 Å². The number of hydrogen-bond donors (Lipinski definition) is 0. The maximum absolute atomic E-state index is 5.54. The second-order valence-electron chi connectivity index (χ2n) is 12.7. The summed E-state index contributed by atoms with van der Waals surface area (Å²) in [4.78, 5) is 0. The molecule has 0 bridgehead atoms. The molecule has 1 heteroatoms. The third kappa shape index (κ3) is 3.84. The molecule has 4 rings (SSSR count). The highest BCUT2D eigenvalue weighted by molar-refractivity contribution is 5.24. The van der Waals surface area contributed by atoms with E-state index in [1.165, 1.54) is 70.6 Å². The van der Waals surface area contributed by atoms with Crippen LogP contribution in [0.1, 0.15) is 105 Å². The zero-order valence-corrected chi connectivity index (χ0v) is 21.0. The summed E-state index contributed by atoms with van der Waals surface area (Å²) < 4.78 is 5.54. The molecule has 0 aromatic rings. The molecular formula is C29H50O. The molecule has 0 aromatic carbocycles. The molecule has 0 aliphatic heterocycles. The van der Waals surface area contributed by atoms with Gasteiger partial charge in [0.05, 0.1) is 0 Å². The summed E-state index contributed by atoms with van der Waals surface area (Å²) >= 11 is 0. The highest BCUT2D eigenvalue weighted by Gasteiger charge is 2.58. The smallest absolute Gasteiger partial charge is 0.0492 e. The van der Waals surface area contributed by atoms with Crippen molar-refractivity contribution in [3.05, 3.63) is 11.6 Å². The monoisotopic (exact) mass is 414 g/mol. The number of ether oxygens (including phenoxy) is 1. The molecule has 8 atom stereocenters. The van der Waals surface area contributed by atoms with E-state index < -0.39 is 0 Å². The Bertz CT molecular complexity index is 620. The Kier molecular flexibility index (Phi) is 6.80. The molecule has 0 radical (unpaired) electrons. The Morgan fingerprint density at radius 3 is 2.53 bits per heavy atom. The lowest BCUT2D eigenvalue weighted by molar-refractivity contribution is -0.0505. The molecule has 1 nitrogen and oxygen atoms in total. The fourth-order valence-corrected chi connectivity index (χ4v) is 9.17. The van der Waals surface area contributed by atoms with Gasteiger partial charge in [0.2, 0.25) is 0 Å². The van der Waals surface area contributed by atoms with Gasteiger partial charge in [-0.05, 0) is 110 Å². The zero-order valence-electron chi connectivity index (χ0n) is 21.0. The summed E-state index contributed by atoms with van der Waals surface area (Å²) in [7, 11) is 1.87. The van der Waals surface area contributed by atoms with Gasteiger partial charge in [-0.25, -0.2) is 0 Å². The van der Waals surface area contributed by atoms with Crippen molar-refractivity contribution in [2.45, 2.75) is 105 Å². The SMILES string of the molecule is COCC(CCC(C)C1CCC2C3CC=C4CCCCC4(C)C3CCC12C)C(C)C. The van der Waals surface area contributed by atoms with Crippen LogP contribution in [-0.4, -0.2) is 13.7 Å². The molecule has 0 heterocycles. The first-order valence-corrected chi connectivity index (χ1v) is 13.5.